The van der Waals surface area contributed by atoms with Crippen molar-refractivity contribution in [3.8, 4) is 0 Å². The number of rotatable bonds is 2. The van der Waals surface area contributed by atoms with Crippen LogP contribution in [0.4, 0.5) is 0 Å². The van der Waals surface area contributed by atoms with Crippen molar-refractivity contribution in [1.82, 2.24) is 4.90 Å². The van der Waals surface area contributed by atoms with Crippen LogP contribution in [0.2, 0.25) is 0 Å². The Morgan fingerprint density at radius 1 is 1.24 bits per heavy atom. The first-order chi connectivity index (χ1) is 10.1. The predicted molar refractivity (Wildman–Crippen MR) is 92.5 cm³/mol. The minimum Gasteiger partial charge on any atom is -0.392 e. The summed E-state index contributed by atoms with van der Waals surface area (Å²) < 4.78 is 1.03. The predicted octanol–water partition coefficient (Wildman–Crippen LogP) is 3.49. The molecule has 5 heteroatoms. The van der Waals surface area contributed by atoms with Gasteiger partial charge in [0, 0.05) is 16.6 Å². The van der Waals surface area contributed by atoms with Gasteiger partial charge in [0.05, 0.1) is 11.0 Å². The normalized spacial score (nSPS) is 18.1. The maximum absolute atomic E-state index is 12.7. The van der Waals surface area contributed by atoms with Crippen LogP contribution in [0.1, 0.15) is 23.2 Å². The van der Waals surface area contributed by atoms with Gasteiger partial charge in [0.1, 0.15) is 0 Å². The van der Waals surface area contributed by atoms with Gasteiger partial charge in [0.2, 0.25) is 0 Å². The third kappa shape index (κ3) is 2.80. The molecule has 1 heterocycles. The van der Waals surface area contributed by atoms with E-state index in [0.29, 0.717) is 10.6 Å². The Morgan fingerprint density at radius 2 is 1.95 bits per heavy atom. The molecule has 1 aliphatic heterocycles. The molecule has 108 valence electrons. The molecule has 3 nitrogen and oxygen atoms in total. The van der Waals surface area contributed by atoms with Gasteiger partial charge >= 0.3 is 0 Å². The van der Waals surface area contributed by atoms with Crippen molar-refractivity contribution in [3.05, 3.63) is 46.4 Å². The quantitative estimate of drug-likeness (QED) is 0.831. The van der Waals surface area contributed by atoms with Gasteiger partial charge in [-0.3, -0.25) is 4.79 Å². The molecule has 0 bridgehead atoms. The second kappa shape index (κ2) is 5.73. The largest absolute Gasteiger partial charge is 0.392 e. The number of nitrogens with two attached hydrogens (primary N) is 1. The number of thiocarbonyl (C=S) groups is 1. The fourth-order valence-electron chi connectivity index (χ4n) is 2.82. The number of carbonyl (C=O) groups excluding carboxylic acids is 1. The molecule has 2 aromatic rings. The van der Waals surface area contributed by atoms with Crippen LogP contribution in [0.3, 0.4) is 0 Å². The lowest BCUT2D eigenvalue weighted by molar-refractivity contribution is 0.0770. The Kier molecular flexibility index (Phi) is 3.95. The Bertz CT molecular complexity index is 731. The van der Waals surface area contributed by atoms with Crippen molar-refractivity contribution in [2.75, 3.05) is 6.54 Å². The van der Waals surface area contributed by atoms with Crippen LogP contribution >= 0.6 is 28.1 Å². The van der Waals surface area contributed by atoms with Gasteiger partial charge < -0.3 is 10.6 Å². The van der Waals surface area contributed by atoms with E-state index in [-0.39, 0.29) is 11.9 Å². The molecule has 1 amide bonds. The summed E-state index contributed by atoms with van der Waals surface area (Å²) in [7, 11) is 0. The van der Waals surface area contributed by atoms with Crippen molar-refractivity contribution in [2.24, 2.45) is 5.73 Å². The van der Waals surface area contributed by atoms with E-state index in [9.17, 15) is 4.79 Å². The van der Waals surface area contributed by atoms with Crippen LogP contribution < -0.4 is 5.73 Å². The van der Waals surface area contributed by atoms with Crippen molar-refractivity contribution in [3.63, 3.8) is 0 Å². The Morgan fingerprint density at radius 3 is 2.71 bits per heavy atom. The van der Waals surface area contributed by atoms with Gasteiger partial charge in [0.25, 0.3) is 5.91 Å². The molecule has 3 rings (SSSR count). The molecular formula is C16H15BrN2OS. The monoisotopic (exact) mass is 362 g/mol. The zero-order valence-electron chi connectivity index (χ0n) is 11.4. The Hall–Kier alpha value is -1.46. The van der Waals surface area contributed by atoms with Crippen LogP contribution in [0.25, 0.3) is 10.8 Å². The number of nitrogens with zero attached hydrogens (tertiary/aromatic N) is 1. The molecule has 0 saturated carbocycles. The van der Waals surface area contributed by atoms with Crippen molar-refractivity contribution < 1.29 is 4.79 Å². The van der Waals surface area contributed by atoms with E-state index in [2.05, 4.69) is 15.9 Å². The summed E-state index contributed by atoms with van der Waals surface area (Å²) in [6, 6.07) is 11.7. The molecule has 0 aliphatic carbocycles. The second-order valence-electron chi connectivity index (χ2n) is 5.27. The molecule has 1 unspecified atom stereocenters. The topological polar surface area (TPSA) is 46.3 Å². The highest BCUT2D eigenvalue weighted by Gasteiger charge is 2.31. The number of amides is 1. The van der Waals surface area contributed by atoms with Gasteiger partial charge in [-0.2, -0.15) is 0 Å². The molecule has 21 heavy (non-hydrogen) atoms. The number of hydrogen-bond acceptors (Lipinski definition) is 2. The third-order valence-electron chi connectivity index (χ3n) is 3.89. The van der Waals surface area contributed by atoms with Crippen LogP contribution in [-0.4, -0.2) is 28.4 Å². The second-order valence-corrected chi connectivity index (χ2v) is 6.65. The van der Waals surface area contributed by atoms with Crippen LogP contribution in [0.15, 0.2) is 40.9 Å². The number of halogens is 1. The number of carbonyl (C=O) groups is 1. The first-order valence-corrected chi connectivity index (χ1v) is 8.06. The van der Waals surface area contributed by atoms with E-state index < -0.39 is 0 Å². The van der Waals surface area contributed by atoms with Crippen LogP contribution in [0.5, 0.6) is 0 Å². The highest BCUT2D eigenvalue weighted by molar-refractivity contribution is 9.10. The Balaban J connectivity index is 1.94. The van der Waals surface area contributed by atoms with Crippen molar-refractivity contribution in [1.29, 1.82) is 0 Å². The SMILES string of the molecule is NC(=S)C1CCCN1C(=O)c1ccc2cc(Br)ccc2c1. The fourth-order valence-corrected chi connectivity index (χ4v) is 3.44. The molecule has 1 saturated heterocycles. The number of likely N-dealkylation sites (tertiary alicyclic amines) is 1. The number of hydrogen-bond donors (Lipinski definition) is 1. The van der Waals surface area contributed by atoms with Gasteiger partial charge in [-0.05, 0) is 47.9 Å². The maximum atomic E-state index is 12.7. The van der Waals surface area contributed by atoms with E-state index in [1.54, 1.807) is 4.90 Å². The number of fused-ring (bicyclic) bond motifs is 1. The molecule has 1 aliphatic rings. The zero-order valence-corrected chi connectivity index (χ0v) is 13.8. The average Bonchev–Trinajstić information content (AvgIpc) is 2.95. The first-order valence-electron chi connectivity index (χ1n) is 6.86. The lowest BCUT2D eigenvalue weighted by Crippen LogP contribution is -2.42. The van der Waals surface area contributed by atoms with E-state index in [0.717, 1.165) is 34.6 Å². The van der Waals surface area contributed by atoms with E-state index in [1.807, 2.05) is 36.4 Å². The zero-order chi connectivity index (χ0) is 15.0. The molecule has 2 N–H and O–H groups in total. The molecule has 2 aromatic carbocycles. The lowest BCUT2D eigenvalue weighted by atomic mass is 10.1. The highest BCUT2D eigenvalue weighted by atomic mass is 79.9. The third-order valence-corrected chi connectivity index (χ3v) is 4.66. The molecule has 1 fully saturated rings. The standard InChI is InChI=1S/C16H15BrN2OS/c17-13-6-5-10-8-12(4-3-11(10)9-13)16(20)19-7-1-2-14(19)15(18)21/h3-6,8-9,14H,1-2,7H2,(H2,18,21). The van der Waals surface area contributed by atoms with E-state index in [4.69, 9.17) is 18.0 Å². The summed E-state index contributed by atoms with van der Waals surface area (Å²) in [6.45, 7) is 0.721. The summed E-state index contributed by atoms with van der Waals surface area (Å²) in [6.07, 6.45) is 1.82. The molecule has 0 aromatic heterocycles. The Labute approximate surface area is 137 Å². The van der Waals surface area contributed by atoms with E-state index >= 15 is 0 Å². The average molecular weight is 363 g/mol. The van der Waals surface area contributed by atoms with Crippen LogP contribution in [-0.2, 0) is 0 Å². The summed E-state index contributed by atoms with van der Waals surface area (Å²) in [5, 5.41) is 2.16. The maximum Gasteiger partial charge on any atom is 0.254 e. The van der Waals surface area contributed by atoms with Gasteiger partial charge in [-0.15, -0.1) is 0 Å². The number of benzene rings is 2. The summed E-state index contributed by atoms with van der Waals surface area (Å²) in [4.78, 5) is 14.9. The first kappa shape index (κ1) is 14.5. The van der Waals surface area contributed by atoms with Gasteiger partial charge in [-0.25, -0.2) is 0 Å². The highest BCUT2D eigenvalue weighted by Crippen LogP contribution is 2.24. The minimum absolute atomic E-state index is 0.00937. The van der Waals surface area contributed by atoms with Crippen LogP contribution in [0, 0.1) is 0 Å². The summed E-state index contributed by atoms with van der Waals surface area (Å²) >= 11 is 8.53. The van der Waals surface area contributed by atoms with Gasteiger partial charge in [-0.1, -0.05) is 40.3 Å². The molecule has 0 radical (unpaired) electrons. The molecule has 0 spiro atoms. The van der Waals surface area contributed by atoms with E-state index in [1.165, 1.54) is 0 Å². The lowest BCUT2D eigenvalue weighted by Gasteiger charge is -2.23. The smallest absolute Gasteiger partial charge is 0.254 e. The minimum atomic E-state index is -0.104. The molecular weight excluding hydrogens is 348 g/mol. The molecule has 1 atom stereocenters. The summed E-state index contributed by atoms with van der Waals surface area (Å²) in [5.74, 6) is 0.00937. The fraction of sp³-hybridized carbons (Fsp3) is 0.250. The van der Waals surface area contributed by atoms with Crippen molar-refractivity contribution in [2.45, 2.75) is 18.9 Å². The summed E-state index contributed by atoms with van der Waals surface area (Å²) in [5.41, 5.74) is 6.43. The van der Waals surface area contributed by atoms with Gasteiger partial charge in [0.15, 0.2) is 0 Å². The van der Waals surface area contributed by atoms with Crippen molar-refractivity contribution >= 4 is 49.8 Å².